The van der Waals surface area contributed by atoms with Gasteiger partial charge >= 0.3 is 0 Å². The Balaban J connectivity index is 1.66. The van der Waals surface area contributed by atoms with Gasteiger partial charge in [-0.1, -0.05) is 0 Å². The predicted octanol–water partition coefficient (Wildman–Crippen LogP) is 4.46. The Morgan fingerprint density at radius 3 is 2.65 bits per heavy atom. The van der Waals surface area contributed by atoms with Crippen molar-refractivity contribution in [3.8, 4) is 17.0 Å². The Labute approximate surface area is 186 Å². The number of carbonyl (C=O) groups excluding carboxylic acids is 1. The highest BCUT2D eigenvalue weighted by Crippen LogP contribution is 2.37. The van der Waals surface area contributed by atoms with Crippen LogP contribution >= 0.6 is 15.9 Å². The summed E-state index contributed by atoms with van der Waals surface area (Å²) in [7, 11) is 3.87. The van der Waals surface area contributed by atoms with E-state index < -0.39 is 17.5 Å². The SMILES string of the molecule is CN1CCC(Oc2ccc(NC(=O)c3ccc(F)c(F)c3)cc2-c2c(Br)cnn2C)C1. The molecule has 1 amide bonds. The molecule has 4 rings (SSSR count). The van der Waals surface area contributed by atoms with E-state index in [1.54, 1.807) is 29.1 Å². The van der Waals surface area contributed by atoms with E-state index in [0.29, 0.717) is 11.4 Å². The summed E-state index contributed by atoms with van der Waals surface area (Å²) >= 11 is 3.53. The van der Waals surface area contributed by atoms with Gasteiger partial charge in [0.15, 0.2) is 11.6 Å². The number of aryl methyl sites for hydroxylation is 1. The van der Waals surface area contributed by atoms with Gasteiger partial charge in [0.1, 0.15) is 11.9 Å². The fraction of sp³-hybridized carbons (Fsp3) is 0.273. The molecule has 1 atom stereocenters. The van der Waals surface area contributed by atoms with Gasteiger partial charge in [-0.2, -0.15) is 5.10 Å². The normalized spacial score (nSPS) is 16.5. The lowest BCUT2D eigenvalue weighted by molar-refractivity contribution is 0.102. The van der Waals surface area contributed by atoms with E-state index in [1.165, 1.54) is 6.07 Å². The largest absolute Gasteiger partial charge is 0.488 e. The molecule has 0 saturated carbocycles. The summed E-state index contributed by atoms with van der Waals surface area (Å²) in [6.45, 7) is 1.80. The molecule has 6 nitrogen and oxygen atoms in total. The number of aromatic nitrogens is 2. The Morgan fingerprint density at radius 2 is 2.00 bits per heavy atom. The van der Waals surface area contributed by atoms with Gasteiger partial charge in [0, 0.05) is 37.0 Å². The molecule has 0 radical (unpaired) electrons. The van der Waals surface area contributed by atoms with Crippen molar-refractivity contribution in [3.05, 3.63) is 64.3 Å². The van der Waals surface area contributed by atoms with Crippen LogP contribution in [0.4, 0.5) is 14.5 Å². The first-order chi connectivity index (χ1) is 14.8. The molecule has 1 aliphatic rings. The number of amides is 1. The molecule has 9 heteroatoms. The number of likely N-dealkylation sites (tertiary alicyclic amines) is 1. The summed E-state index contributed by atoms with van der Waals surface area (Å²) < 4.78 is 35.5. The van der Waals surface area contributed by atoms with E-state index >= 15 is 0 Å². The molecule has 1 aromatic heterocycles. The van der Waals surface area contributed by atoms with Crippen molar-refractivity contribution in [2.24, 2.45) is 7.05 Å². The summed E-state index contributed by atoms with van der Waals surface area (Å²) in [5, 5.41) is 7.01. The van der Waals surface area contributed by atoms with E-state index in [0.717, 1.165) is 47.4 Å². The van der Waals surface area contributed by atoms with Gasteiger partial charge in [-0.15, -0.1) is 0 Å². The van der Waals surface area contributed by atoms with Gasteiger partial charge in [0.05, 0.1) is 16.4 Å². The minimum Gasteiger partial charge on any atom is -0.488 e. The number of hydrogen-bond donors (Lipinski definition) is 1. The first-order valence-corrected chi connectivity index (χ1v) is 10.5. The number of nitrogens with zero attached hydrogens (tertiary/aromatic N) is 3. The fourth-order valence-corrected chi connectivity index (χ4v) is 4.18. The minimum atomic E-state index is -1.07. The Hall–Kier alpha value is -2.78. The zero-order chi connectivity index (χ0) is 22.1. The number of ether oxygens (including phenoxy) is 1. The second-order valence-corrected chi connectivity index (χ2v) is 8.40. The Kier molecular flexibility index (Phi) is 6.06. The van der Waals surface area contributed by atoms with Crippen LogP contribution in [-0.2, 0) is 7.05 Å². The van der Waals surface area contributed by atoms with Crippen LogP contribution in [0.15, 0.2) is 47.1 Å². The molecule has 1 N–H and O–H groups in total. The lowest BCUT2D eigenvalue weighted by Crippen LogP contribution is -2.21. The summed E-state index contributed by atoms with van der Waals surface area (Å²) in [6.07, 6.45) is 2.69. The average molecular weight is 491 g/mol. The number of rotatable bonds is 5. The van der Waals surface area contributed by atoms with Crippen molar-refractivity contribution in [2.75, 3.05) is 25.5 Å². The second kappa shape index (κ2) is 8.76. The monoisotopic (exact) mass is 490 g/mol. The van der Waals surface area contributed by atoms with Gasteiger partial charge in [0.25, 0.3) is 5.91 Å². The summed E-state index contributed by atoms with van der Waals surface area (Å²) in [5.41, 5.74) is 2.07. The van der Waals surface area contributed by atoms with E-state index in [2.05, 4.69) is 38.3 Å². The maximum Gasteiger partial charge on any atom is 0.255 e. The third kappa shape index (κ3) is 4.62. The molecule has 31 heavy (non-hydrogen) atoms. The molecular weight excluding hydrogens is 470 g/mol. The van der Waals surface area contributed by atoms with E-state index in [4.69, 9.17) is 4.74 Å². The maximum absolute atomic E-state index is 13.5. The van der Waals surface area contributed by atoms with Gasteiger partial charge in [-0.05, 0) is 65.8 Å². The first kappa shape index (κ1) is 21.5. The van der Waals surface area contributed by atoms with Crippen LogP contribution in [0.25, 0.3) is 11.3 Å². The maximum atomic E-state index is 13.5. The van der Waals surface area contributed by atoms with Crippen molar-refractivity contribution in [3.63, 3.8) is 0 Å². The zero-order valence-corrected chi connectivity index (χ0v) is 18.6. The quantitative estimate of drug-likeness (QED) is 0.573. The molecule has 1 aliphatic heterocycles. The van der Waals surface area contributed by atoms with Gasteiger partial charge in [0.2, 0.25) is 0 Å². The van der Waals surface area contributed by atoms with Crippen LogP contribution in [0.2, 0.25) is 0 Å². The molecule has 2 heterocycles. The number of benzene rings is 2. The fourth-order valence-electron chi connectivity index (χ4n) is 3.62. The number of nitrogens with one attached hydrogen (secondary N) is 1. The van der Waals surface area contributed by atoms with Crippen LogP contribution in [0, 0.1) is 11.6 Å². The van der Waals surface area contributed by atoms with Gasteiger partial charge < -0.3 is 15.0 Å². The lowest BCUT2D eigenvalue weighted by atomic mass is 10.1. The van der Waals surface area contributed by atoms with Crippen molar-refractivity contribution in [1.82, 2.24) is 14.7 Å². The standard InChI is InChI=1S/C22H21BrF2N4O2/c1-28-8-7-15(12-28)31-20-6-4-14(10-16(20)21-17(23)11-26-29(21)2)27-22(30)13-3-5-18(24)19(25)9-13/h3-6,9-11,15H,7-8,12H2,1-2H3,(H,27,30). The van der Waals surface area contributed by atoms with E-state index in [-0.39, 0.29) is 11.7 Å². The highest BCUT2D eigenvalue weighted by molar-refractivity contribution is 9.10. The Bertz CT molecular complexity index is 1120. The number of halogens is 3. The van der Waals surface area contributed by atoms with Crippen molar-refractivity contribution in [2.45, 2.75) is 12.5 Å². The van der Waals surface area contributed by atoms with Crippen LogP contribution in [0.1, 0.15) is 16.8 Å². The third-order valence-electron chi connectivity index (χ3n) is 5.21. The topological polar surface area (TPSA) is 59.4 Å². The molecule has 3 aromatic rings. The average Bonchev–Trinajstić information content (AvgIpc) is 3.29. The second-order valence-electron chi connectivity index (χ2n) is 7.55. The highest BCUT2D eigenvalue weighted by atomic mass is 79.9. The van der Waals surface area contributed by atoms with Gasteiger partial charge in [-0.3, -0.25) is 9.48 Å². The highest BCUT2D eigenvalue weighted by Gasteiger charge is 2.24. The molecule has 0 bridgehead atoms. The van der Waals surface area contributed by atoms with Crippen LogP contribution in [0.5, 0.6) is 5.75 Å². The number of hydrogen-bond acceptors (Lipinski definition) is 4. The molecule has 1 saturated heterocycles. The molecule has 1 unspecified atom stereocenters. The summed E-state index contributed by atoms with van der Waals surface area (Å²) in [6, 6.07) is 8.34. The number of likely N-dealkylation sites (N-methyl/N-ethyl adjacent to an activating group) is 1. The molecule has 0 aliphatic carbocycles. The van der Waals surface area contributed by atoms with Crippen LogP contribution < -0.4 is 10.1 Å². The Morgan fingerprint density at radius 1 is 1.19 bits per heavy atom. The van der Waals surface area contributed by atoms with E-state index in [9.17, 15) is 13.6 Å². The summed E-state index contributed by atoms with van der Waals surface area (Å²) in [5.74, 6) is -1.94. The number of anilines is 1. The first-order valence-electron chi connectivity index (χ1n) is 9.75. The zero-order valence-electron chi connectivity index (χ0n) is 17.0. The van der Waals surface area contributed by atoms with Crippen LogP contribution in [-0.4, -0.2) is 46.8 Å². The summed E-state index contributed by atoms with van der Waals surface area (Å²) in [4.78, 5) is 14.8. The molecule has 0 spiro atoms. The molecular formula is C22H21BrF2N4O2. The minimum absolute atomic E-state index is 0.0245. The predicted molar refractivity (Wildman–Crippen MR) is 117 cm³/mol. The number of carbonyl (C=O) groups is 1. The van der Waals surface area contributed by atoms with Crippen molar-refractivity contribution < 1.29 is 18.3 Å². The third-order valence-corrected chi connectivity index (χ3v) is 5.79. The lowest BCUT2D eigenvalue weighted by Gasteiger charge is -2.18. The smallest absolute Gasteiger partial charge is 0.255 e. The van der Waals surface area contributed by atoms with Crippen molar-refractivity contribution >= 4 is 27.5 Å². The van der Waals surface area contributed by atoms with E-state index in [1.807, 2.05) is 7.05 Å². The van der Waals surface area contributed by atoms with Gasteiger partial charge in [-0.25, -0.2) is 8.78 Å². The molecule has 162 valence electrons. The van der Waals surface area contributed by atoms with Crippen LogP contribution in [0.3, 0.4) is 0 Å². The van der Waals surface area contributed by atoms with Crippen molar-refractivity contribution in [1.29, 1.82) is 0 Å². The molecule has 1 fully saturated rings. The molecule has 2 aromatic carbocycles.